The van der Waals surface area contributed by atoms with Crippen molar-refractivity contribution in [1.29, 1.82) is 0 Å². The number of pyridine rings is 1. The van der Waals surface area contributed by atoms with Crippen LogP contribution in [0.1, 0.15) is 36.7 Å². The summed E-state index contributed by atoms with van der Waals surface area (Å²) in [5.74, 6) is 0.613. The molecule has 0 saturated carbocycles. The van der Waals surface area contributed by atoms with Crippen LogP contribution in [0.5, 0.6) is 0 Å². The number of methoxy groups -OCH3 is 1. The molecule has 1 heterocycles. The van der Waals surface area contributed by atoms with Crippen molar-refractivity contribution >= 4 is 11.7 Å². The fraction of sp³-hybridized carbons (Fsp3) is 0.571. The molecule has 1 rings (SSSR count). The molecule has 0 saturated heterocycles. The van der Waals surface area contributed by atoms with E-state index in [1.807, 2.05) is 19.1 Å². The molecule has 106 valence electrons. The van der Waals surface area contributed by atoms with E-state index in [9.17, 15) is 4.79 Å². The molecular weight excluding hydrogens is 242 g/mol. The zero-order valence-electron chi connectivity index (χ0n) is 11.7. The van der Waals surface area contributed by atoms with E-state index in [1.165, 1.54) is 0 Å². The van der Waals surface area contributed by atoms with Gasteiger partial charge in [-0.15, -0.1) is 0 Å². The van der Waals surface area contributed by atoms with Gasteiger partial charge >= 0.3 is 0 Å². The molecule has 0 unspecified atom stereocenters. The number of rotatable bonds is 9. The Morgan fingerprint density at radius 2 is 2.16 bits per heavy atom. The van der Waals surface area contributed by atoms with Crippen LogP contribution in [0.2, 0.25) is 0 Å². The molecule has 0 aliphatic rings. The zero-order chi connectivity index (χ0) is 13.9. The molecule has 0 bridgehead atoms. The maximum absolute atomic E-state index is 11.9. The molecule has 0 atom stereocenters. The number of nitrogens with one attached hydrogen (secondary N) is 2. The molecule has 0 spiro atoms. The average Bonchev–Trinajstić information content (AvgIpc) is 2.43. The lowest BCUT2D eigenvalue weighted by atomic mass is 10.2. The van der Waals surface area contributed by atoms with Crippen molar-refractivity contribution in [2.75, 3.05) is 32.1 Å². The highest BCUT2D eigenvalue weighted by molar-refractivity contribution is 5.92. The van der Waals surface area contributed by atoms with Crippen LogP contribution >= 0.6 is 0 Å². The lowest BCUT2D eigenvalue weighted by Crippen LogP contribution is -2.25. The van der Waals surface area contributed by atoms with Gasteiger partial charge in [0.2, 0.25) is 0 Å². The van der Waals surface area contributed by atoms with Gasteiger partial charge in [-0.05, 0) is 38.3 Å². The summed E-state index contributed by atoms with van der Waals surface area (Å²) >= 11 is 0. The zero-order valence-corrected chi connectivity index (χ0v) is 11.7. The summed E-state index contributed by atoms with van der Waals surface area (Å²) in [4.78, 5) is 16.1. The first kappa shape index (κ1) is 15.4. The third-order valence-corrected chi connectivity index (χ3v) is 2.65. The molecule has 5 heteroatoms. The second kappa shape index (κ2) is 9.33. The number of hydrogen-bond donors (Lipinski definition) is 2. The normalized spacial score (nSPS) is 10.2. The van der Waals surface area contributed by atoms with Gasteiger partial charge in [0, 0.05) is 26.8 Å². The Morgan fingerprint density at radius 1 is 1.32 bits per heavy atom. The Bertz CT molecular complexity index is 383. The first-order chi connectivity index (χ1) is 9.27. The van der Waals surface area contributed by atoms with Crippen LogP contribution in [-0.2, 0) is 4.74 Å². The van der Waals surface area contributed by atoms with Crippen LogP contribution in [0, 0.1) is 0 Å². The van der Waals surface area contributed by atoms with E-state index in [-0.39, 0.29) is 5.91 Å². The van der Waals surface area contributed by atoms with Crippen LogP contribution in [0.15, 0.2) is 18.2 Å². The predicted octanol–water partition coefficient (Wildman–Crippen LogP) is 2.06. The standard InChI is InChI=1S/C14H23N3O2/c1-3-15-13-9-7-8-12(17-13)14(18)16-10-5-4-6-11-19-2/h7-9H,3-6,10-11H2,1-2H3,(H,15,17)(H,16,18). The summed E-state index contributed by atoms with van der Waals surface area (Å²) in [5.41, 5.74) is 0.454. The Labute approximate surface area is 114 Å². The van der Waals surface area contributed by atoms with Crippen LogP contribution in [0.25, 0.3) is 0 Å². The first-order valence-electron chi connectivity index (χ1n) is 6.76. The fourth-order valence-corrected chi connectivity index (χ4v) is 1.68. The molecular formula is C14H23N3O2. The van der Waals surface area contributed by atoms with Gasteiger partial charge in [-0.3, -0.25) is 4.79 Å². The second-order valence-corrected chi connectivity index (χ2v) is 4.25. The number of carbonyl (C=O) groups is 1. The lowest BCUT2D eigenvalue weighted by Gasteiger charge is -2.07. The lowest BCUT2D eigenvalue weighted by molar-refractivity contribution is 0.0948. The van der Waals surface area contributed by atoms with Crippen molar-refractivity contribution < 1.29 is 9.53 Å². The number of nitrogens with zero attached hydrogens (tertiary/aromatic N) is 1. The maximum Gasteiger partial charge on any atom is 0.269 e. The van der Waals surface area contributed by atoms with Crippen LogP contribution in [-0.4, -0.2) is 37.7 Å². The highest BCUT2D eigenvalue weighted by atomic mass is 16.5. The average molecular weight is 265 g/mol. The molecule has 2 N–H and O–H groups in total. The summed E-state index contributed by atoms with van der Waals surface area (Å²) in [6, 6.07) is 5.41. The minimum absolute atomic E-state index is 0.119. The number of amides is 1. The van der Waals surface area contributed by atoms with E-state index in [2.05, 4.69) is 15.6 Å². The summed E-state index contributed by atoms with van der Waals surface area (Å²) in [7, 11) is 1.70. The number of ether oxygens (including phenoxy) is 1. The number of aromatic nitrogens is 1. The smallest absolute Gasteiger partial charge is 0.269 e. The minimum atomic E-state index is -0.119. The molecule has 0 aliphatic carbocycles. The molecule has 1 amide bonds. The molecule has 19 heavy (non-hydrogen) atoms. The van der Waals surface area contributed by atoms with Crippen molar-refractivity contribution in [2.45, 2.75) is 26.2 Å². The van der Waals surface area contributed by atoms with Gasteiger partial charge in [-0.25, -0.2) is 4.98 Å². The fourth-order valence-electron chi connectivity index (χ4n) is 1.68. The summed E-state index contributed by atoms with van der Waals surface area (Å²) in [6.45, 7) is 4.24. The molecule has 5 nitrogen and oxygen atoms in total. The van der Waals surface area contributed by atoms with Crippen molar-refractivity contribution in [3.05, 3.63) is 23.9 Å². The van der Waals surface area contributed by atoms with Gasteiger partial charge in [0.1, 0.15) is 11.5 Å². The van der Waals surface area contributed by atoms with Crippen molar-refractivity contribution in [2.24, 2.45) is 0 Å². The van der Waals surface area contributed by atoms with Crippen LogP contribution in [0.4, 0.5) is 5.82 Å². The summed E-state index contributed by atoms with van der Waals surface area (Å²) in [5, 5.41) is 5.96. The Kier molecular flexibility index (Phi) is 7.58. The Morgan fingerprint density at radius 3 is 2.89 bits per heavy atom. The number of hydrogen-bond acceptors (Lipinski definition) is 4. The summed E-state index contributed by atoms with van der Waals surface area (Å²) in [6.07, 6.45) is 3.04. The molecule has 0 radical (unpaired) electrons. The number of unbranched alkanes of at least 4 members (excludes halogenated alkanes) is 2. The largest absolute Gasteiger partial charge is 0.385 e. The Hall–Kier alpha value is -1.62. The quantitative estimate of drug-likeness (QED) is 0.671. The van der Waals surface area contributed by atoms with E-state index in [0.717, 1.165) is 38.2 Å². The van der Waals surface area contributed by atoms with Crippen molar-refractivity contribution in [3.8, 4) is 0 Å². The third kappa shape index (κ3) is 6.20. The van der Waals surface area contributed by atoms with Gasteiger partial charge < -0.3 is 15.4 Å². The number of anilines is 1. The second-order valence-electron chi connectivity index (χ2n) is 4.25. The number of carbonyl (C=O) groups excluding carboxylic acids is 1. The van der Waals surface area contributed by atoms with Crippen LogP contribution < -0.4 is 10.6 Å². The SMILES string of the molecule is CCNc1cccc(C(=O)NCCCCCOC)n1. The van der Waals surface area contributed by atoms with Crippen molar-refractivity contribution in [3.63, 3.8) is 0 Å². The van der Waals surface area contributed by atoms with E-state index >= 15 is 0 Å². The maximum atomic E-state index is 11.9. The predicted molar refractivity (Wildman–Crippen MR) is 76.5 cm³/mol. The van der Waals surface area contributed by atoms with E-state index in [1.54, 1.807) is 13.2 Å². The molecule has 0 aromatic carbocycles. The first-order valence-corrected chi connectivity index (χ1v) is 6.76. The van der Waals surface area contributed by atoms with Gasteiger partial charge in [0.15, 0.2) is 0 Å². The van der Waals surface area contributed by atoms with Crippen molar-refractivity contribution in [1.82, 2.24) is 10.3 Å². The van der Waals surface area contributed by atoms with E-state index in [4.69, 9.17) is 4.74 Å². The van der Waals surface area contributed by atoms with Gasteiger partial charge in [-0.1, -0.05) is 6.07 Å². The monoisotopic (exact) mass is 265 g/mol. The third-order valence-electron chi connectivity index (χ3n) is 2.65. The highest BCUT2D eigenvalue weighted by Gasteiger charge is 2.06. The summed E-state index contributed by atoms with van der Waals surface area (Å²) < 4.78 is 4.97. The topological polar surface area (TPSA) is 63.2 Å². The van der Waals surface area contributed by atoms with E-state index in [0.29, 0.717) is 12.2 Å². The molecule has 0 aliphatic heterocycles. The van der Waals surface area contributed by atoms with E-state index < -0.39 is 0 Å². The molecule has 1 aromatic heterocycles. The minimum Gasteiger partial charge on any atom is -0.385 e. The van der Waals surface area contributed by atoms with Gasteiger partial charge in [0.25, 0.3) is 5.91 Å². The van der Waals surface area contributed by atoms with Gasteiger partial charge in [-0.2, -0.15) is 0 Å². The van der Waals surface area contributed by atoms with Gasteiger partial charge in [0.05, 0.1) is 0 Å². The Balaban J connectivity index is 2.30. The molecule has 1 aromatic rings. The van der Waals surface area contributed by atoms with Crippen LogP contribution in [0.3, 0.4) is 0 Å². The highest BCUT2D eigenvalue weighted by Crippen LogP contribution is 2.04. The molecule has 0 fully saturated rings.